The summed E-state index contributed by atoms with van der Waals surface area (Å²) >= 11 is 5.83. The second kappa shape index (κ2) is 7.37. The van der Waals surface area contributed by atoms with Crippen LogP contribution in [0.25, 0.3) is 0 Å². The first-order valence-corrected chi connectivity index (χ1v) is 7.59. The van der Waals surface area contributed by atoms with Crippen LogP contribution in [0.5, 0.6) is 0 Å². The first kappa shape index (κ1) is 17.1. The van der Waals surface area contributed by atoms with Crippen LogP contribution >= 0.6 is 11.6 Å². The number of aromatic nitrogens is 1. The van der Waals surface area contributed by atoms with E-state index < -0.39 is 5.60 Å². The molecule has 0 aliphatic carbocycles. The summed E-state index contributed by atoms with van der Waals surface area (Å²) < 4.78 is 5.47. The predicted molar refractivity (Wildman–Crippen MR) is 83.6 cm³/mol. The monoisotopic (exact) mass is 327 g/mol. The van der Waals surface area contributed by atoms with Gasteiger partial charge in [-0.15, -0.1) is 0 Å². The highest BCUT2D eigenvalue weighted by molar-refractivity contribution is 6.30. The molecule has 6 nitrogen and oxygen atoms in total. The smallest absolute Gasteiger partial charge is 0.225 e. The number of aliphatic hydroxyl groups is 1. The molecule has 1 fully saturated rings. The molecule has 7 heteroatoms. The lowest BCUT2D eigenvalue weighted by atomic mass is 9.99. The third-order valence-electron chi connectivity index (χ3n) is 3.59. The summed E-state index contributed by atoms with van der Waals surface area (Å²) in [6.07, 6.45) is 1.65. The van der Waals surface area contributed by atoms with E-state index >= 15 is 0 Å². The molecule has 0 spiro atoms. The Balaban J connectivity index is 2.02. The van der Waals surface area contributed by atoms with Crippen molar-refractivity contribution in [2.45, 2.75) is 18.6 Å². The molecule has 0 aromatic carbocycles. The molecular formula is C15H22ClN3O3. The van der Waals surface area contributed by atoms with Gasteiger partial charge in [0.1, 0.15) is 5.60 Å². The Morgan fingerprint density at radius 3 is 2.95 bits per heavy atom. The van der Waals surface area contributed by atoms with Crippen molar-refractivity contribution in [2.75, 3.05) is 40.4 Å². The van der Waals surface area contributed by atoms with Crippen LogP contribution in [-0.2, 0) is 16.1 Å². The molecule has 1 atom stereocenters. The largest absolute Gasteiger partial charge is 0.386 e. The number of amides is 1. The topological polar surface area (TPSA) is 65.9 Å². The van der Waals surface area contributed by atoms with Crippen molar-refractivity contribution in [2.24, 2.45) is 0 Å². The number of nitrogens with zero attached hydrogens (tertiary/aromatic N) is 3. The van der Waals surface area contributed by atoms with Gasteiger partial charge in [-0.05, 0) is 12.1 Å². The molecule has 0 saturated carbocycles. The quantitative estimate of drug-likeness (QED) is 0.885. The number of ether oxygens (including phenoxy) is 1. The highest BCUT2D eigenvalue weighted by Gasteiger charge is 2.35. The van der Waals surface area contributed by atoms with Crippen molar-refractivity contribution in [1.82, 2.24) is 14.8 Å². The summed E-state index contributed by atoms with van der Waals surface area (Å²) in [5.74, 6) is -0.113. The van der Waals surface area contributed by atoms with Crippen molar-refractivity contribution in [3.8, 4) is 0 Å². The van der Waals surface area contributed by atoms with E-state index in [1.54, 1.807) is 26.4 Å². The molecular weight excluding hydrogens is 306 g/mol. The van der Waals surface area contributed by atoms with Crippen molar-refractivity contribution < 1.29 is 14.6 Å². The molecule has 122 valence electrons. The number of hydrogen-bond acceptors (Lipinski definition) is 5. The molecule has 0 radical (unpaired) electrons. The Labute approximate surface area is 135 Å². The zero-order valence-electron chi connectivity index (χ0n) is 13.0. The van der Waals surface area contributed by atoms with E-state index in [9.17, 15) is 9.90 Å². The van der Waals surface area contributed by atoms with Gasteiger partial charge in [-0.3, -0.25) is 14.7 Å². The van der Waals surface area contributed by atoms with Crippen LogP contribution in [0.3, 0.4) is 0 Å². The third-order valence-corrected chi connectivity index (χ3v) is 3.82. The maximum atomic E-state index is 11.9. The van der Waals surface area contributed by atoms with E-state index in [2.05, 4.69) is 4.98 Å². The van der Waals surface area contributed by atoms with E-state index in [0.29, 0.717) is 31.3 Å². The number of halogens is 1. The normalized spacial score (nSPS) is 23.1. The summed E-state index contributed by atoms with van der Waals surface area (Å²) in [7, 11) is 3.36. The maximum Gasteiger partial charge on any atom is 0.225 e. The predicted octanol–water partition coefficient (Wildman–Crippen LogP) is 0.777. The highest BCUT2D eigenvalue weighted by Crippen LogP contribution is 2.19. The molecule has 2 heterocycles. The van der Waals surface area contributed by atoms with Gasteiger partial charge in [0.25, 0.3) is 0 Å². The molecule has 1 unspecified atom stereocenters. The van der Waals surface area contributed by atoms with Gasteiger partial charge >= 0.3 is 0 Å². The van der Waals surface area contributed by atoms with Crippen molar-refractivity contribution in [3.05, 3.63) is 29.0 Å². The number of hydrogen-bond donors (Lipinski definition) is 1. The summed E-state index contributed by atoms with van der Waals surface area (Å²) in [5.41, 5.74) is -0.308. The van der Waals surface area contributed by atoms with Crippen molar-refractivity contribution in [3.63, 3.8) is 0 Å². The average molecular weight is 328 g/mol. The van der Waals surface area contributed by atoms with Gasteiger partial charge in [0.05, 0.1) is 30.4 Å². The van der Waals surface area contributed by atoms with Gasteiger partial charge in [-0.2, -0.15) is 0 Å². The lowest BCUT2D eigenvalue weighted by Gasteiger charge is -2.31. The molecule has 1 saturated heterocycles. The Kier molecular flexibility index (Phi) is 5.74. The maximum absolute atomic E-state index is 11.9. The van der Waals surface area contributed by atoms with Crippen LogP contribution < -0.4 is 0 Å². The van der Waals surface area contributed by atoms with E-state index in [0.717, 1.165) is 5.69 Å². The first-order valence-electron chi connectivity index (χ1n) is 7.21. The van der Waals surface area contributed by atoms with Gasteiger partial charge in [0.2, 0.25) is 5.91 Å². The number of pyridine rings is 1. The van der Waals surface area contributed by atoms with Crippen LogP contribution in [0, 0.1) is 0 Å². The zero-order valence-corrected chi connectivity index (χ0v) is 13.7. The van der Waals surface area contributed by atoms with Gasteiger partial charge in [-0.25, -0.2) is 0 Å². The van der Waals surface area contributed by atoms with Crippen LogP contribution in [0.1, 0.15) is 12.1 Å². The molecule has 1 aromatic heterocycles. The molecule has 1 N–H and O–H groups in total. The lowest BCUT2D eigenvalue weighted by molar-refractivity contribution is -0.136. The second-order valence-electron chi connectivity index (χ2n) is 5.92. The standard InChI is InChI=1S/C15H22ClN3O3/c1-18(2)14(20)7-15(21)10-19(5-6-22-11-15)9-13-4-3-12(16)8-17-13/h3-4,8,21H,5-7,9-11H2,1-2H3. The Morgan fingerprint density at radius 1 is 1.55 bits per heavy atom. The zero-order chi connectivity index (χ0) is 16.2. The summed E-state index contributed by atoms with van der Waals surface area (Å²) in [6, 6.07) is 3.65. The fraction of sp³-hybridized carbons (Fsp3) is 0.600. The van der Waals surface area contributed by atoms with Crippen molar-refractivity contribution in [1.29, 1.82) is 0 Å². The average Bonchev–Trinajstić information content (AvgIpc) is 2.63. The molecule has 1 aromatic rings. The van der Waals surface area contributed by atoms with Gasteiger partial charge in [0.15, 0.2) is 0 Å². The number of rotatable bonds is 4. The molecule has 22 heavy (non-hydrogen) atoms. The van der Waals surface area contributed by atoms with E-state index in [1.807, 2.05) is 11.0 Å². The van der Waals surface area contributed by atoms with Gasteiger partial charge < -0.3 is 14.7 Å². The third kappa shape index (κ3) is 4.91. The van der Waals surface area contributed by atoms with Crippen LogP contribution in [-0.4, -0.2) is 71.8 Å². The first-order chi connectivity index (χ1) is 10.4. The fourth-order valence-corrected chi connectivity index (χ4v) is 2.52. The fourth-order valence-electron chi connectivity index (χ4n) is 2.41. The molecule has 1 aliphatic rings. The second-order valence-corrected chi connectivity index (χ2v) is 6.36. The van der Waals surface area contributed by atoms with Crippen LogP contribution in [0.15, 0.2) is 18.3 Å². The van der Waals surface area contributed by atoms with Crippen LogP contribution in [0.2, 0.25) is 5.02 Å². The Morgan fingerprint density at radius 2 is 2.32 bits per heavy atom. The molecule has 1 aliphatic heterocycles. The minimum atomic E-state index is -1.18. The minimum absolute atomic E-state index is 0.0462. The van der Waals surface area contributed by atoms with Gasteiger partial charge in [0, 0.05) is 39.9 Å². The van der Waals surface area contributed by atoms with Gasteiger partial charge in [-0.1, -0.05) is 11.6 Å². The molecule has 1 amide bonds. The summed E-state index contributed by atoms with van der Waals surface area (Å²) in [4.78, 5) is 19.7. The van der Waals surface area contributed by atoms with E-state index in [-0.39, 0.29) is 18.9 Å². The van der Waals surface area contributed by atoms with Crippen molar-refractivity contribution >= 4 is 17.5 Å². The Hall–Kier alpha value is -1.21. The number of carbonyl (C=O) groups excluding carboxylic acids is 1. The number of β-amino-alcohol motifs (C(OH)–C–C–N with tert-alkyl or cyclic N) is 1. The minimum Gasteiger partial charge on any atom is -0.386 e. The SMILES string of the molecule is CN(C)C(=O)CC1(O)COCCN(Cc2ccc(Cl)cn2)C1. The number of carbonyl (C=O) groups is 1. The highest BCUT2D eigenvalue weighted by atomic mass is 35.5. The summed E-state index contributed by atoms with van der Waals surface area (Å²) in [6.45, 7) is 2.32. The molecule has 0 bridgehead atoms. The lowest BCUT2D eigenvalue weighted by Crippen LogP contribution is -2.47. The van der Waals surface area contributed by atoms with E-state index in [4.69, 9.17) is 16.3 Å². The molecule has 2 rings (SSSR count). The van der Waals surface area contributed by atoms with E-state index in [1.165, 1.54) is 4.90 Å². The Bertz CT molecular complexity index is 509. The van der Waals surface area contributed by atoms with Crippen LogP contribution in [0.4, 0.5) is 0 Å². The summed E-state index contributed by atoms with van der Waals surface area (Å²) in [5, 5.41) is 11.3.